The molecular weight excluding hydrogens is 254 g/mol. The molecule has 0 aliphatic carbocycles. The van der Waals surface area contributed by atoms with Crippen LogP contribution in [0.25, 0.3) is 0 Å². The number of rotatable bonds is 4. The van der Waals surface area contributed by atoms with E-state index >= 15 is 0 Å². The second-order valence-electron chi connectivity index (χ2n) is 4.59. The molecule has 0 radical (unpaired) electrons. The van der Waals surface area contributed by atoms with Gasteiger partial charge in [0.1, 0.15) is 4.75 Å². The number of aliphatic hydroxyl groups is 1. The Morgan fingerprint density at radius 1 is 1.28 bits per heavy atom. The topological polar surface area (TPSA) is 83.5 Å². The highest BCUT2D eigenvalue weighted by molar-refractivity contribution is 7.92. The van der Waals surface area contributed by atoms with E-state index in [1.54, 1.807) is 24.3 Å². The molecule has 5 nitrogen and oxygen atoms in total. The zero-order valence-electron chi connectivity index (χ0n) is 10.6. The van der Waals surface area contributed by atoms with Crippen LogP contribution in [0.15, 0.2) is 24.3 Å². The second kappa shape index (κ2) is 5.07. The first-order valence-corrected chi connectivity index (χ1v) is 7.28. The van der Waals surface area contributed by atoms with E-state index in [-0.39, 0.29) is 6.61 Å². The summed E-state index contributed by atoms with van der Waals surface area (Å²) in [7, 11) is -3.49. The molecule has 18 heavy (non-hydrogen) atoms. The number of nitrogens with one attached hydrogen (secondary N) is 1. The number of hydrogen-bond acceptors (Lipinski definition) is 4. The van der Waals surface area contributed by atoms with Crippen molar-refractivity contribution < 1.29 is 18.3 Å². The van der Waals surface area contributed by atoms with Crippen LogP contribution in [0.3, 0.4) is 0 Å². The molecule has 0 fully saturated rings. The first-order valence-electron chi connectivity index (χ1n) is 5.39. The summed E-state index contributed by atoms with van der Waals surface area (Å²) in [6.07, 6.45) is 1.03. The summed E-state index contributed by atoms with van der Waals surface area (Å²) in [6.45, 7) is 2.64. The van der Waals surface area contributed by atoms with Crippen molar-refractivity contribution in [1.29, 1.82) is 0 Å². The number of benzene rings is 1. The molecule has 0 aliphatic rings. The fourth-order valence-corrected chi connectivity index (χ4v) is 1.53. The summed E-state index contributed by atoms with van der Waals surface area (Å²) in [6, 6.07) is 6.54. The predicted octanol–water partition coefficient (Wildman–Crippen LogP) is 0.941. The fraction of sp³-hybridized carbons (Fsp3) is 0.417. The Hall–Kier alpha value is -1.40. The van der Waals surface area contributed by atoms with E-state index in [2.05, 4.69) is 5.32 Å². The average Bonchev–Trinajstić information content (AvgIpc) is 2.28. The van der Waals surface area contributed by atoms with Gasteiger partial charge < -0.3 is 10.4 Å². The average molecular weight is 271 g/mol. The van der Waals surface area contributed by atoms with Crippen molar-refractivity contribution in [2.45, 2.75) is 25.2 Å². The Kier molecular flexibility index (Phi) is 4.13. The third-order valence-corrected chi connectivity index (χ3v) is 4.91. The van der Waals surface area contributed by atoms with Crippen molar-refractivity contribution >= 4 is 21.4 Å². The maximum absolute atomic E-state index is 11.9. The van der Waals surface area contributed by atoms with Crippen molar-refractivity contribution in [2.24, 2.45) is 0 Å². The molecule has 0 bridgehead atoms. The smallest absolute Gasteiger partial charge is 0.245 e. The number of hydrogen-bond donors (Lipinski definition) is 2. The number of aliphatic hydroxyl groups excluding tert-OH is 1. The van der Waals surface area contributed by atoms with E-state index in [4.69, 9.17) is 5.11 Å². The largest absolute Gasteiger partial charge is 0.392 e. The molecule has 0 aromatic heterocycles. The Morgan fingerprint density at radius 3 is 2.17 bits per heavy atom. The number of anilines is 1. The molecule has 0 atom stereocenters. The van der Waals surface area contributed by atoms with Gasteiger partial charge in [0.2, 0.25) is 5.91 Å². The van der Waals surface area contributed by atoms with Crippen LogP contribution < -0.4 is 5.32 Å². The lowest BCUT2D eigenvalue weighted by molar-refractivity contribution is -0.117. The van der Waals surface area contributed by atoms with Gasteiger partial charge in [-0.1, -0.05) is 12.1 Å². The lowest BCUT2D eigenvalue weighted by Gasteiger charge is -2.21. The molecule has 1 aromatic rings. The van der Waals surface area contributed by atoms with E-state index in [1.807, 2.05) is 0 Å². The minimum Gasteiger partial charge on any atom is -0.392 e. The first kappa shape index (κ1) is 14.7. The highest BCUT2D eigenvalue weighted by Crippen LogP contribution is 2.18. The van der Waals surface area contributed by atoms with Gasteiger partial charge in [-0.25, -0.2) is 8.42 Å². The first-order chi connectivity index (χ1) is 8.18. The van der Waals surface area contributed by atoms with Crippen molar-refractivity contribution in [1.82, 2.24) is 0 Å². The molecule has 0 spiro atoms. The van der Waals surface area contributed by atoms with Crippen LogP contribution in [0, 0.1) is 0 Å². The Balaban J connectivity index is 2.88. The van der Waals surface area contributed by atoms with Crippen molar-refractivity contribution in [3.05, 3.63) is 29.8 Å². The maximum Gasteiger partial charge on any atom is 0.245 e. The molecule has 6 heteroatoms. The Morgan fingerprint density at radius 2 is 1.78 bits per heavy atom. The summed E-state index contributed by atoms with van der Waals surface area (Å²) in [4.78, 5) is 11.9. The molecule has 1 amide bonds. The number of carbonyl (C=O) groups is 1. The van der Waals surface area contributed by atoms with Crippen LogP contribution in [-0.2, 0) is 21.2 Å². The van der Waals surface area contributed by atoms with E-state index < -0.39 is 20.5 Å². The third kappa shape index (κ3) is 3.08. The molecular formula is C12H17NO4S. The van der Waals surface area contributed by atoms with Crippen LogP contribution in [0.4, 0.5) is 5.69 Å². The standard InChI is InChI=1S/C12H17NO4S/c1-12(2,18(3,16)17)11(15)13-10-6-4-9(8-14)5-7-10/h4-7,14H,8H2,1-3H3,(H,13,15). The zero-order valence-corrected chi connectivity index (χ0v) is 11.4. The highest BCUT2D eigenvalue weighted by Gasteiger charge is 2.38. The molecule has 0 aliphatic heterocycles. The van der Waals surface area contributed by atoms with Crippen molar-refractivity contribution in [2.75, 3.05) is 11.6 Å². The number of sulfone groups is 1. The molecule has 1 rings (SSSR count). The summed E-state index contributed by atoms with van der Waals surface area (Å²) in [5.41, 5.74) is 1.21. The number of carbonyl (C=O) groups excluding carboxylic acids is 1. The van der Waals surface area contributed by atoms with Gasteiger partial charge in [-0.3, -0.25) is 4.79 Å². The van der Waals surface area contributed by atoms with Gasteiger partial charge in [0.05, 0.1) is 6.61 Å². The Labute approximate surface area is 107 Å². The quantitative estimate of drug-likeness (QED) is 0.853. The van der Waals surface area contributed by atoms with Crippen LogP contribution >= 0.6 is 0 Å². The molecule has 0 unspecified atom stereocenters. The van der Waals surface area contributed by atoms with Gasteiger partial charge in [-0.15, -0.1) is 0 Å². The van der Waals surface area contributed by atoms with Gasteiger partial charge >= 0.3 is 0 Å². The number of amides is 1. The van der Waals surface area contributed by atoms with Gasteiger partial charge in [-0.05, 0) is 31.5 Å². The summed E-state index contributed by atoms with van der Waals surface area (Å²) in [5.74, 6) is -0.582. The molecule has 100 valence electrons. The normalized spacial score (nSPS) is 12.2. The molecule has 2 N–H and O–H groups in total. The lowest BCUT2D eigenvalue weighted by atomic mass is 10.1. The zero-order chi connectivity index (χ0) is 14.0. The lowest BCUT2D eigenvalue weighted by Crippen LogP contribution is -2.43. The van der Waals surface area contributed by atoms with Gasteiger partial charge in [0.15, 0.2) is 9.84 Å². The third-order valence-electron chi connectivity index (χ3n) is 2.87. The van der Waals surface area contributed by atoms with Crippen LogP contribution in [0.1, 0.15) is 19.4 Å². The maximum atomic E-state index is 11.9. The SMILES string of the molecule is CC(C)(C(=O)Nc1ccc(CO)cc1)S(C)(=O)=O. The highest BCUT2D eigenvalue weighted by atomic mass is 32.2. The summed E-state index contributed by atoms with van der Waals surface area (Å²) < 4.78 is 21.5. The fourth-order valence-electron chi connectivity index (χ4n) is 1.14. The molecule has 1 aromatic carbocycles. The van der Waals surface area contributed by atoms with Gasteiger partial charge in [0.25, 0.3) is 0 Å². The minimum absolute atomic E-state index is 0.0803. The van der Waals surface area contributed by atoms with Gasteiger partial charge in [0, 0.05) is 11.9 Å². The van der Waals surface area contributed by atoms with Crippen LogP contribution in [0.5, 0.6) is 0 Å². The molecule has 0 saturated carbocycles. The van der Waals surface area contributed by atoms with Gasteiger partial charge in [-0.2, -0.15) is 0 Å². The second-order valence-corrected chi connectivity index (χ2v) is 7.16. The molecule has 0 heterocycles. The van der Waals surface area contributed by atoms with E-state index in [0.29, 0.717) is 5.69 Å². The van der Waals surface area contributed by atoms with Crippen LogP contribution in [-0.4, -0.2) is 30.4 Å². The summed E-state index contributed by atoms with van der Waals surface area (Å²) in [5, 5.41) is 11.4. The Bertz CT molecular complexity index is 532. The monoisotopic (exact) mass is 271 g/mol. The summed E-state index contributed by atoms with van der Waals surface area (Å²) >= 11 is 0. The van der Waals surface area contributed by atoms with E-state index in [1.165, 1.54) is 13.8 Å². The van der Waals surface area contributed by atoms with Crippen molar-refractivity contribution in [3.8, 4) is 0 Å². The van der Waals surface area contributed by atoms with Crippen LogP contribution in [0.2, 0.25) is 0 Å². The van der Waals surface area contributed by atoms with E-state index in [9.17, 15) is 13.2 Å². The van der Waals surface area contributed by atoms with Crippen molar-refractivity contribution in [3.63, 3.8) is 0 Å². The van der Waals surface area contributed by atoms with E-state index in [0.717, 1.165) is 11.8 Å². The minimum atomic E-state index is -3.49. The molecule has 0 saturated heterocycles. The predicted molar refractivity (Wildman–Crippen MR) is 69.9 cm³/mol.